The molecular weight excluding hydrogens is 224 g/mol. The fraction of sp³-hybridized carbons (Fsp3) is 0.0769. The van der Waals surface area contributed by atoms with E-state index in [-0.39, 0.29) is 11.4 Å². The highest BCUT2D eigenvalue weighted by Gasteiger charge is 2.02. The number of halogens is 2. The summed E-state index contributed by atoms with van der Waals surface area (Å²) in [6.07, 6.45) is 0. The van der Waals surface area contributed by atoms with Crippen molar-refractivity contribution in [1.29, 1.82) is 0 Å². The molecule has 0 unspecified atom stereocenters. The topological polar surface area (TPSA) is 32.3 Å². The van der Waals surface area contributed by atoms with Crippen LogP contribution in [0.25, 0.3) is 0 Å². The molecule has 4 heteroatoms. The Bertz CT molecular complexity index is 511. The van der Waals surface area contributed by atoms with Gasteiger partial charge in [-0.3, -0.25) is 0 Å². The Morgan fingerprint density at radius 3 is 2.35 bits per heavy atom. The van der Waals surface area contributed by atoms with Crippen LogP contribution in [-0.4, -0.2) is 5.11 Å². The van der Waals surface area contributed by atoms with Crippen molar-refractivity contribution in [2.45, 2.75) is 6.54 Å². The molecule has 0 heterocycles. The van der Waals surface area contributed by atoms with Crippen LogP contribution in [0.15, 0.2) is 42.5 Å². The van der Waals surface area contributed by atoms with Gasteiger partial charge in [-0.25, -0.2) is 8.78 Å². The van der Waals surface area contributed by atoms with Crippen molar-refractivity contribution >= 4 is 5.69 Å². The molecule has 0 spiro atoms. The minimum atomic E-state index is -0.622. The molecule has 0 aliphatic rings. The molecule has 0 aromatic heterocycles. The van der Waals surface area contributed by atoms with Crippen LogP contribution in [0.3, 0.4) is 0 Å². The summed E-state index contributed by atoms with van der Waals surface area (Å²) < 4.78 is 25.9. The molecule has 0 fully saturated rings. The van der Waals surface area contributed by atoms with Crippen LogP contribution >= 0.6 is 0 Å². The number of phenols is 1. The van der Waals surface area contributed by atoms with Gasteiger partial charge in [-0.1, -0.05) is 12.1 Å². The van der Waals surface area contributed by atoms with Crippen LogP contribution in [0.1, 0.15) is 5.56 Å². The molecule has 0 aliphatic carbocycles. The average Bonchev–Trinajstić information content (AvgIpc) is 2.30. The summed E-state index contributed by atoms with van der Waals surface area (Å²) in [6, 6.07) is 9.94. The molecule has 2 N–H and O–H groups in total. The molecule has 2 aromatic rings. The van der Waals surface area contributed by atoms with Gasteiger partial charge < -0.3 is 10.4 Å². The molecule has 0 bridgehead atoms. The van der Waals surface area contributed by atoms with E-state index in [0.717, 1.165) is 11.6 Å². The van der Waals surface area contributed by atoms with Crippen molar-refractivity contribution < 1.29 is 13.9 Å². The van der Waals surface area contributed by atoms with E-state index in [1.165, 1.54) is 12.1 Å². The Hall–Kier alpha value is -2.10. The zero-order valence-corrected chi connectivity index (χ0v) is 8.95. The zero-order valence-electron chi connectivity index (χ0n) is 8.95. The fourth-order valence-electron chi connectivity index (χ4n) is 1.44. The van der Waals surface area contributed by atoms with Gasteiger partial charge in [-0.15, -0.1) is 0 Å². The Balaban J connectivity index is 2.04. The third-order valence-electron chi connectivity index (χ3n) is 2.35. The van der Waals surface area contributed by atoms with Crippen LogP contribution in [0, 0.1) is 11.6 Å². The normalized spacial score (nSPS) is 10.2. The van der Waals surface area contributed by atoms with E-state index in [1.807, 2.05) is 0 Å². The molecule has 2 aromatic carbocycles. The molecule has 0 saturated heterocycles. The quantitative estimate of drug-likeness (QED) is 0.855. The van der Waals surface area contributed by atoms with E-state index in [9.17, 15) is 8.78 Å². The second-order valence-corrected chi connectivity index (χ2v) is 3.64. The third kappa shape index (κ3) is 2.93. The van der Waals surface area contributed by atoms with Crippen LogP contribution in [0.4, 0.5) is 14.5 Å². The SMILES string of the molecule is Oc1ccc(CNc2ccc(F)cc2F)cc1. The van der Waals surface area contributed by atoms with Gasteiger partial charge in [0, 0.05) is 12.6 Å². The van der Waals surface area contributed by atoms with Crippen molar-refractivity contribution in [3.63, 3.8) is 0 Å². The first-order chi connectivity index (χ1) is 8.15. The van der Waals surface area contributed by atoms with E-state index < -0.39 is 11.6 Å². The highest BCUT2D eigenvalue weighted by atomic mass is 19.1. The lowest BCUT2D eigenvalue weighted by molar-refractivity contribution is 0.475. The largest absolute Gasteiger partial charge is 0.508 e. The first-order valence-corrected chi connectivity index (χ1v) is 5.12. The number of nitrogens with one attached hydrogen (secondary N) is 1. The van der Waals surface area contributed by atoms with Crippen molar-refractivity contribution in [2.75, 3.05) is 5.32 Å². The monoisotopic (exact) mass is 235 g/mol. The van der Waals surface area contributed by atoms with Gasteiger partial charge in [0.2, 0.25) is 0 Å². The van der Waals surface area contributed by atoms with E-state index in [2.05, 4.69) is 5.32 Å². The maximum absolute atomic E-state index is 13.3. The standard InChI is InChI=1S/C13H11F2NO/c14-10-3-6-13(12(15)7-10)16-8-9-1-4-11(17)5-2-9/h1-7,16-17H,8H2. The summed E-state index contributed by atoms with van der Waals surface area (Å²) in [7, 11) is 0. The highest BCUT2D eigenvalue weighted by molar-refractivity contribution is 5.45. The predicted molar refractivity (Wildman–Crippen MR) is 61.8 cm³/mol. The fourth-order valence-corrected chi connectivity index (χ4v) is 1.44. The zero-order chi connectivity index (χ0) is 12.3. The molecule has 0 amide bonds. The van der Waals surface area contributed by atoms with Gasteiger partial charge in [0.05, 0.1) is 5.69 Å². The maximum Gasteiger partial charge on any atom is 0.149 e. The Morgan fingerprint density at radius 1 is 1.00 bits per heavy atom. The van der Waals surface area contributed by atoms with Crippen LogP contribution in [0.5, 0.6) is 5.75 Å². The number of anilines is 1. The first kappa shape index (κ1) is 11.4. The van der Waals surface area contributed by atoms with Gasteiger partial charge in [-0.05, 0) is 29.8 Å². The van der Waals surface area contributed by atoms with Gasteiger partial charge in [0.25, 0.3) is 0 Å². The number of aromatic hydroxyl groups is 1. The minimum Gasteiger partial charge on any atom is -0.508 e. The first-order valence-electron chi connectivity index (χ1n) is 5.12. The molecule has 0 aliphatic heterocycles. The highest BCUT2D eigenvalue weighted by Crippen LogP contribution is 2.16. The van der Waals surface area contributed by atoms with Gasteiger partial charge in [0.1, 0.15) is 17.4 Å². The lowest BCUT2D eigenvalue weighted by Gasteiger charge is -2.07. The Morgan fingerprint density at radius 2 is 1.71 bits per heavy atom. The van der Waals surface area contributed by atoms with E-state index in [4.69, 9.17) is 5.11 Å². The summed E-state index contributed by atoms with van der Waals surface area (Å²) >= 11 is 0. The second kappa shape index (κ2) is 4.82. The third-order valence-corrected chi connectivity index (χ3v) is 2.35. The Kier molecular flexibility index (Phi) is 3.23. The molecule has 88 valence electrons. The summed E-state index contributed by atoms with van der Waals surface area (Å²) in [5, 5.41) is 11.9. The Labute approximate surface area is 97.5 Å². The van der Waals surface area contributed by atoms with E-state index >= 15 is 0 Å². The molecule has 0 atom stereocenters. The summed E-state index contributed by atoms with van der Waals surface area (Å²) in [5.41, 5.74) is 1.14. The van der Waals surface area contributed by atoms with Crippen molar-refractivity contribution in [3.8, 4) is 5.75 Å². The van der Waals surface area contributed by atoms with E-state index in [1.54, 1.807) is 24.3 Å². The summed E-state index contributed by atoms with van der Waals surface area (Å²) in [5.74, 6) is -1.04. The number of benzene rings is 2. The molecule has 0 radical (unpaired) electrons. The van der Waals surface area contributed by atoms with Crippen LogP contribution in [0.2, 0.25) is 0 Å². The van der Waals surface area contributed by atoms with Crippen LogP contribution < -0.4 is 5.32 Å². The predicted octanol–water partition coefficient (Wildman–Crippen LogP) is 3.28. The number of hydrogen-bond acceptors (Lipinski definition) is 2. The number of phenolic OH excluding ortho intramolecular Hbond substituents is 1. The summed E-state index contributed by atoms with van der Waals surface area (Å²) in [4.78, 5) is 0. The van der Waals surface area contributed by atoms with Gasteiger partial charge >= 0.3 is 0 Å². The maximum atomic E-state index is 13.3. The molecule has 17 heavy (non-hydrogen) atoms. The van der Waals surface area contributed by atoms with Crippen molar-refractivity contribution in [3.05, 3.63) is 59.7 Å². The van der Waals surface area contributed by atoms with Crippen molar-refractivity contribution in [1.82, 2.24) is 0 Å². The van der Waals surface area contributed by atoms with E-state index in [0.29, 0.717) is 6.54 Å². The second-order valence-electron chi connectivity index (χ2n) is 3.64. The van der Waals surface area contributed by atoms with Gasteiger partial charge in [0.15, 0.2) is 0 Å². The van der Waals surface area contributed by atoms with Gasteiger partial charge in [-0.2, -0.15) is 0 Å². The molecule has 2 rings (SSSR count). The number of hydrogen-bond donors (Lipinski definition) is 2. The lowest BCUT2D eigenvalue weighted by Crippen LogP contribution is -2.01. The average molecular weight is 235 g/mol. The van der Waals surface area contributed by atoms with Crippen LogP contribution in [-0.2, 0) is 6.54 Å². The number of rotatable bonds is 3. The minimum absolute atomic E-state index is 0.182. The molecule has 2 nitrogen and oxygen atoms in total. The lowest BCUT2D eigenvalue weighted by atomic mass is 10.2. The smallest absolute Gasteiger partial charge is 0.149 e. The molecular formula is C13H11F2NO. The summed E-state index contributed by atoms with van der Waals surface area (Å²) in [6.45, 7) is 0.406. The molecule has 0 saturated carbocycles. The van der Waals surface area contributed by atoms with Crippen molar-refractivity contribution in [2.24, 2.45) is 0 Å².